The second-order valence-corrected chi connectivity index (χ2v) is 0. The topological polar surface area (TPSA) is 0 Å². The van der Waals surface area contributed by atoms with Crippen LogP contribution in [0.25, 0.3) is 0 Å². The molecule has 0 spiro atoms. The van der Waals surface area contributed by atoms with E-state index in [0.29, 0.717) is 0 Å². The van der Waals surface area contributed by atoms with Gasteiger partial charge in [0.05, 0.1) is 0 Å². The van der Waals surface area contributed by atoms with Crippen molar-refractivity contribution in [2.45, 2.75) is 0 Å². The van der Waals surface area contributed by atoms with E-state index in [2.05, 4.69) is 0 Å². The monoisotopic (exact) mass is 150 g/mol. The van der Waals surface area contributed by atoms with Crippen LogP contribution < -0.4 is 42.4 Å². The smallest absolute Gasteiger partial charge is 1.00 e. The van der Waals surface area contributed by atoms with Crippen LogP contribution in [-0.4, -0.2) is 0 Å². The van der Waals surface area contributed by atoms with Gasteiger partial charge in [0.15, 0.2) is 0 Å². The van der Waals surface area contributed by atoms with Gasteiger partial charge in [0.25, 0.3) is 0 Å². The summed E-state index contributed by atoms with van der Waals surface area (Å²) in [6.45, 7) is 0. The molecule has 0 aromatic heterocycles. The number of rotatable bonds is 0. The van der Waals surface area contributed by atoms with Gasteiger partial charge in [-0.15, -0.1) is 0 Å². The van der Waals surface area contributed by atoms with E-state index >= 15 is 0 Å². The quantitative estimate of drug-likeness (QED) is 0.237. The molecule has 0 saturated carbocycles. The van der Waals surface area contributed by atoms with Gasteiger partial charge in [-0.2, -0.15) is 0 Å². The maximum atomic E-state index is 0. The van der Waals surface area contributed by atoms with E-state index in [4.69, 9.17) is 0 Å². The zero-order valence-electron chi connectivity index (χ0n) is 3.39. The molecular weight excluding hydrogens is 150 g/mol. The average Bonchev–Trinajstić information content (AvgIpc) is 0. The minimum Gasteiger partial charge on any atom is -1.00 e. The number of halogens is 5. The van der Waals surface area contributed by atoms with Gasteiger partial charge in [0.1, 0.15) is 0 Å². The van der Waals surface area contributed by atoms with E-state index in [1.807, 2.05) is 0 Å². The minimum absolute atomic E-state index is 0. The summed E-state index contributed by atoms with van der Waals surface area (Å²) < 4.78 is 0. The molecule has 0 bridgehead atoms. The first-order valence-electron chi connectivity index (χ1n) is 0. The number of hydrogen-bond donors (Lipinski definition) is 0. The molecule has 7 heteroatoms. The van der Waals surface area contributed by atoms with Gasteiger partial charge in [-0.05, 0) is 0 Å². The van der Waals surface area contributed by atoms with Crippen LogP contribution in [0, 0.1) is 0 Å². The van der Waals surface area contributed by atoms with Crippen molar-refractivity contribution < 1.29 is 64.1 Å². The van der Waals surface area contributed by atoms with Gasteiger partial charge in [-0.25, -0.2) is 0 Å². The molecule has 0 fully saturated rings. The molecule has 42 valence electrons. The zero-order valence-corrected chi connectivity index (χ0v) is 4.95. The standard InChI is InChI=1S/5FH.Li.Ti/h5*1H;;/q;;;;;+1;+2/p-5. The van der Waals surface area contributed by atoms with Crippen LogP contribution in [0.2, 0.25) is 0 Å². The summed E-state index contributed by atoms with van der Waals surface area (Å²) >= 11 is 0. The summed E-state index contributed by atoms with van der Waals surface area (Å²) in [7, 11) is 0. The fraction of sp³-hybridized carbons (Fsp3) is 0. The second-order valence-electron chi connectivity index (χ2n) is 0. The van der Waals surface area contributed by atoms with Gasteiger partial charge in [0, 0.05) is 0 Å². The van der Waals surface area contributed by atoms with E-state index in [-0.39, 0.29) is 64.1 Å². The average molecular weight is 150 g/mol. The van der Waals surface area contributed by atoms with Crippen molar-refractivity contribution in [3.05, 3.63) is 0 Å². The van der Waals surface area contributed by atoms with Crippen molar-refractivity contribution in [2.24, 2.45) is 0 Å². The van der Waals surface area contributed by atoms with E-state index in [1.165, 1.54) is 0 Å². The van der Waals surface area contributed by atoms with Crippen molar-refractivity contribution in [2.75, 3.05) is 0 Å². The Morgan fingerprint density at radius 3 is 0.429 bits per heavy atom. The van der Waals surface area contributed by atoms with Crippen LogP contribution in [0.1, 0.15) is 0 Å². The fourth-order valence-corrected chi connectivity index (χ4v) is 0. The molecule has 0 radical (unpaired) electrons. The molecule has 0 aliphatic carbocycles. The molecule has 7 heavy (non-hydrogen) atoms. The normalized spacial score (nSPS) is 0. The summed E-state index contributed by atoms with van der Waals surface area (Å²) in [4.78, 5) is 0. The van der Waals surface area contributed by atoms with E-state index in [9.17, 15) is 0 Å². The summed E-state index contributed by atoms with van der Waals surface area (Å²) in [5.74, 6) is 0. The Labute approximate surface area is 64.3 Å². The molecule has 0 aromatic rings. The van der Waals surface area contributed by atoms with Crippen LogP contribution in [0.5, 0.6) is 0 Å². The third-order valence-electron chi connectivity index (χ3n) is 0. The third-order valence-corrected chi connectivity index (χ3v) is 0. The molecule has 0 aliphatic rings. The third kappa shape index (κ3) is 185. The Morgan fingerprint density at radius 1 is 0.429 bits per heavy atom. The first-order chi connectivity index (χ1) is 0. The molecule has 0 rings (SSSR count). The SMILES string of the molecule is [F-].[F-].[F-].[F-].[F-].[Li+].[Ti+2]. The van der Waals surface area contributed by atoms with E-state index in [0.717, 1.165) is 0 Å². The minimum atomic E-state index is 0. The van der Waals surface area contributed by atoms with Crippen LogP contribution >= 0.6 is 0 Å². The van der Waals surface area contributed by atoms with Crippen LogP contribution in [0.4, 0.5) is 0 Å². The number of hydrogen-bond acceptors (Lipinski definition) is 0. The Hall–Kier alpha value is 0.962. The predicted molar refractivity (Wildman–Crippen MR) is 0 cm³/mol. The largest absolute Gasteiger partial charge is 2.00 e. The predicted octanol–water partition coefficient (Wildman–Crippen LogP) is -18.0. The molecule has 0 unspecified atom stereocenters. The summed E-state index contributed by atoms with van der Waals surface area (Å²) in [6.07, 6.45) is 0. The fourth-order valence-electron chi connectivity index (χ4n) is 0. The summed E-state index contributed by atoms with van der Waals surface area (Å²) in [5, 5.41) is 0. The molecule has 0 atom stereocenters. The first kappa shape index (κ1) is 417. The van der Waals surface area contributed by atoms with Gasteiger partial charge >= 0.3 is 40.6 Å². The molecule has 0 N–H and O–H groups in total. The van der Waals surface area contributed by atoms with Crippen LogP contribution in [0.15, 0.2) is 0 Å². The Balaban J connectivity index is 0. The first-order valence-corrected chi connectivity index (χ1v) is 0. The van der Waals surface area contributed by atoms with E-state index in [1.54, 1.807) is 0 Å². The Morgan fingerprint density at radius 2 is 0.429 bits per heavy atom. The van der Waals surface area contributed by atoms with Crippen molar-refractivity contribution in [1.82, 2.24) is 0 Å². The molecule has 0 nitrogen and oxygen atoms in total. The molecule has 0 aromatic carbocycles. The molecule has 0 amide bonds. The maximum Gasteiger partial charge on any atom is 2.00 e. The molecular formula is F5LiTi-2. The van der Waals surface area contributed by atoms with Crippen molar-refractivity contribution in [3.8, 4) is 0 Å². The molecule has 0 heterocycles. The Bertz CT molecular complexity index is 8.04. The maximum absolute atomic E-state index is 0. The van der Waals surface area contributed by atoms with E-state index < -0.39 is 0 Å². The second kappa shape index (κ2) is 268. The van der Waals surface area contributed by atoms with Crippen molar-refractivity contribution in [3.63, 3.8) is 0 Å². The Kier molecular flexibility index (Phi) is 15900. The van der Waals surface area contributed by atoms with Gasteiger partial charge < -0.3 is 23.5 Å². The van der Waals surface area contributed by atoms with Gasteiger partial charge in [0.2, 0.25) is 0 Å². The van der Waals surface area contributed by atoms with Crippen LogP contribution in [0.3, 0.4) is 0 Å². The van der Waals surface area contributed by atoms with Crippen molar-refractivity contribution in [1.29, 1.82) is 0 Å². The summed E-state index contributed by atoms with van der Waals surface area (Å²) in [6, 6.07) is 0. The zero-order chi connectivity index (χ0) is 0. The van der Waals surface area contributed by atoms with Crippen LogP contribution in [-0.2, 0) is 21.7 Å². The molecule has 0 saturated heterocycles. The van der Waals surface area contributed by atoms with Gasteiger partial charge in [-0.3, -0.25) is 0 Å². The molecule has 0 aliphatic heterocycles. The van der Waals surface area contributed by atoms with Crippen molar-refractivity contribution >= 4 is 0 Å². The van der Waals surface area contributed by atoms with Gasteiger partial charge in [-0.1, -0.05) is 0 Å². The summed E-state index contributed by atoms with van der Waals surface area (Å²) in [5.41, 5.74) is 0.